The molecule has 2 aromatic carbocycles. The van der Waals surface area contributed by atoms with Gasteiger partial charge >= 0.3 is 0 Å². The first-order valence-electron chi connectivity index (χ1n) is 11.4. The summed E-state index contributed by atoms with van der Waals surface area (Å²) in [6.45, 7) is 4.77. The Balaban J connectivity index is 1.71. The van der Waals surface area contributed by atoms with Gasteiger partial charge in [-0.05, 0) is 35.9 Å². The Morgan fingerprint density at radius 3 is 2.15 bits per heavy atom. The Morgan fingerprint density at radius 2 is 1.52 bits per heavy atom. The number of amides is 2. The number of carbonyl (C=O) groups excluding carboxylic acids is 2. The zero-order chi connectivity index (χ0) is 23.3. The van der Waals surface area contributed by atoms with Gasteiger partial charge in [0.25, 0.3) is 0 Å². The molecule has 0 unspecified atom stereocenters. The van der Waals surface area contributed by atoms with Crippen LogP contribution in [0.15, 0.2) is 78.2 Å². The van der Waals surface area contributed by atoms with E-state index in [0.29, 0.717) is 39.3 Å². The summed E-state index contributed by atoms with van der Waals surface area (Å²) in [5, 5.41) is 2.02. The van der Waals surface area contributed by atoms with Gasteiger partial charge in [0.2, 0.25) is 11.8 Å². The molecule has 0 fully saturated rings. The van der Waals surface area contributed by atoms with Crippen LogP contribution < -0.4 is 0 Å². The maximum absolute atomic E-state index is 13.4. The average molecular weight is 465 g/mol. The van der Waals surface area contributed by atoms with Crippen molar-refractivity contribution in [3.8, 4) is 0 Å². The lowest BCUT2D eigenvalue weighted by molar-refractivity contribution is -0.141. The van der Waals surface area contributed by atoms with E-state index in [1.165, 1.54) is 0 Å². The first kappa shape index (κ1) is 24.7. The summed E-state index contributed by atoms with van der Waals surface area (Å²) in [7, 11) is 0. The molecule has 0 aliphatic rings. The van der Waals surface area contributed by atoms with E-state index in [-0.39, 0.29) is 24.8 Å². The Labute approximate surface area is 200 Å². The van der Waals surface area contributed by atoms with Gasteiger partial charge in [-0.15, -0.1) is 11.3 Å². The molecule has 0 saturated heterocycles. The lowest BCUT2D eigenvalue weighted by Gasteiger charge is -2.28. The fourth-order valence-electron chi connectivity index (χ4n) is 3.57. The fraction of sp³-hybridized carbons (Fsp3) is 0.333. The third-order valence-electron chi connectivity index (χ3n) is 5.29. The first-order chi connectivity index (χ1) is 16.2. The summed E-state index contributed by atoms with van der Waals surface area (Å²) >= 11 is 1.63. The van der Waals surface area contributed by atoms with Crippen LogP contribution in [-0.2, 0) is 33.8 Å². The SMILES string of the molecule is CCOCCCN(CC(=O)N(Cc1ccccc1)Cc1cccs1)C(=O)Cc1ccccc1. The van der Waals surface area contributed by atoms with Crippen LogP contribution in [-0.4, -0.2) is 47.9 Å². The van der Waals surface area contributed by atoms with Crippen LogP contribution in [0.1, 0.15) is 29.3 Å². The number of nitrogens with zero attached hydrogens (tertiary/aromatic N) is 2. The molecule has 3 aromatic rings. The minimum atomic E-state index is -0.0509. The molecule has 0 aliphatic heterocycles. The number of carbonyl (C=O) groups is 2. The van der Waals surface area contributed by atoms with Gasteiger partial charge in [0, 0.05) is 31.2 Å². The van der Waals surface area contributed by atoms with Crippen LogP contribution in [0.2, 0.25) is 0 Å². The molecular weight excluding hydrogens is 432 g/mol. The Kier molecular flexibility index (Phi) is 10.1. The van der Waals surface area contributed by atoms with Crippen LogP contribution in [0.4, 0.5) is 0 Å². The van der Waals surface area contributed by atoms with Crippen molar-refractivity contribution < 1.29 is 14.3 Å². The summed E-state index contributed by atoms with van der Waals surface area (Å²) < 4.78 is 5.45. The number of rotatable bonds is 13. The van der Waals surface area contributed by atoms with Gasteiger partial charge < -0.3 is 14.5 Å². The van der Waals surface area contributed by atoms with E-state index in [2.05, 4.69) is 0 Å². The third kappa shape index (κ3) is 8.48. The monoisotopic (exact) mass is 464 g/mol. The van der Waals surface area contributed by atoms with Crippen molar-refractivity contribution in [3.63, 3.8) is 0 Å². The summed E-state index contributed by atoms with van der Waals surface area (Å²) in [4.78, 5) is 31.2. The van der Waals surface area contributed by atoms with E-state index in [9.17, 15) is 9.59 Å². The summed E-state index contributed by atoms with van der Waals surface area (Å²) in [5.74, 6) is -0.0908. The van der Waals surface area contributed by atoms with Gasteiger partial charge in [0.1, 0.15) is 0 Å². The Bertz CT molecular complexity index is 962. The molecule has 2 amide bonds. The molecule has 0 saturated carbocycles. The average Bonchev–Trinajstić information content (AvgIpc) is 3.35. The van der Waals surface area contributed by atoms with Gasteiger partial charge in [-0.2, -0.15) is 0 Å². The van der Waals surface area contributed by atoms with Crippen LogP contribution in [0.5, 0.6) is 0 Å². The molecule has 5 nitrogen and oxygen atoms in total. The Hall–Kier alpha value is -2.96. The number of benzene rings is 2. The van der Waals surface area contributed by atoms with Gasteiger partial charge in [0.15, 0.2) is 0 Å². The number of ether oxygens (including phenoxy) is 1. The van der Waals surface area contributed by atoms with Gasteiger partial charge in [0.05, 0.1) is 19.5 Å². The lowest BCUT2D eigenvalue weighted by atomic mass is 10.1. The van der Waals surface area contributed by atoms with Crippen molar-refractivity contribution >= 4 is 23.2 Å². The number of hydrogen-bond donors (Lipinski definition) is 0. The maximum atomic E-state index is 13.4. The second kappa shape index (κ2) is 13.6. The summed E-state index contributed by atoms with van der Waals surface area (Å²) in [6, 6.07) is 23.7. The third-order valence-corrected chi connectivity index (χ3v) is 6.15. The topological polar surface area (TPSA) is 49.9 Å². The molecule has 0 atom stereocenters. The van der Waals surface area contributed by atoms with E-state index >= 15 is 0 Å². The predicted octanol–water partition coefficient (Wildman–Crippen LogP) is 4.77. The zero-order valence-corrected chi connectivity index (χ0v) is 20.0. The second-order valence-electron chi connectivity index (χ2n) is 7.84. The summed E-state index contributed by atoms with van der Waals surface area (Å²) in [5.41, 5.74) is 2.02. The van der Waals surface area contributed by atoms with Crippen LogP contribution in [0, 0.1) is 0 Å². The molecule has 0 aliphatic carbocycles. The highest BCUT2D eigenvalue weighted by molar-refractivity contribution is 7.09. The quantitative estimate of drug-likeness (QED) is 0.342. The molecule has 33 heavy (non-hydrogen) atoms. The molecule has 3 rings (SSSR count). The summed E-state index contributed by atoms with van der Waals surface area (Å²) in [6.07, 6.45) is 0.984. The highest BCUT2D eigenvalue weighted by Crippen LogP contribution is 2.16. The minimum absolute atomic E-state index is 0.0400. The molecule has 6 heteroatoms. The van der Waals surface area contributed by atoms with Gasteiger partial charge in [-0.3, -0.25) is 9.59 Å². The molecule has 0 spiro atoms. The lowest BCUT2D eigenvalue weighted by Crippen LogP contribution is -2.43. The van der Waals surface area contributed by atoms with Crippen molar-refractivity contribution in [2.45, 2.75) is 32.9 Å². The van der Waals surface area contributed by atoms with E-state index in [4.69, 9.17) is 4.74 Å². The second-order valence-corrected chi connectivity index (χ2v) is 8.88. The van der Waals surface area contributed by atoms with Crippen LogP contribution in [0.25, 0.3) is 0 Å². The number of hydrogen-bond acceptors (Lipinski definition) is 4. The van der Waals surface area contributed by atoms with Crippen molar-refractivity contribution in [3.05, 3.63) is 94.2 Å². The molecule has 0 radical (unpaired) electrons. The predicted molar refractivity (Wildman–Crippen MR) is 133 cm³/mol. The number of thiophene rings is 1. The van der Waals surface area contributed by atoms with Crippen LogP contribution >= 0.6 is 11.3 Å². The van der Waals surface area contributed by atoms with Gasteiger partial charge in [-0.1, -0.05) is 66.7 Å². The Morgan fingerprint density at radius 1 is 0.818 bits per heavy atom. The molecule has 1 heterocycles. The molecular formula is C27H32N2O3S. The van der Waals surface area contributed by atoms with Crippen LogP contribution in [0.3, 0.4) is 0 Å². The smallest absolute Gasteiger partial charge is 0.242 e. The van der Waals surface area contributed by atoms with Gasteiger partial charge in [-0.25, -0.2) is 0 Å². The molecule has 0 N–H and O–H groups in total. The molecule has 174 valence electrons. The van der Waals surface area contributed by atoms with E-state index in [1.54, 1.807) is 16.2 Å². The van der Waals surface area contributed by atoms with E-state index in [1.807, 2.05) is 90.0 Å². The van der Waals surface area contributed by atoms with E-state index in [0.717, 1.165) is 16.0 Å². The van der Waals surface area contributed by atoms with Crippen molar-refractivity contribution in [1.29, 1.82) is 0 Å². The largest absolute Gasteiger partial charge is 0.382 e. The highest BCUT2D eigenvalue weighted by Gasteiger charge is 2.22. The van der Waals surface area contributed by atoms with Crippen molar-refractivity contribution in [2.75, 3.05) is 26.3 Å². The fourth-order valence-corrected chi connectivity index (χ4v) is 4.29. The van der Waals surface area contributed by atoms with E-state index < -0.39 is 0 Å². The van der Waals surface area contributed by atoms with Crippen molar-refractivity contribution in [2.24, 2.45) is 0 Å². The molecule has 0 bridgehead atoms. The van der Waals surface area contributed by atoms with Crippen molar-refractivity contribution in [1.82, 2.24) is 9.80 Å². The maximum Gasteiger partial charge on any atom is 0.242 e. The normalized spacial score (nSPS) is 10.7. The minimum Gasteiger partial charge on any atom is -0.382 e. The highest BCUT2D eigenvalue weighted by atomic mass is 32.1. The molecule has 1 aromatic heterocycles. The first-order valence-corrected chi connectivity index (χ1v) is 12.3. The zero-order valence-electron chi connectivity index (χ0n) is 19.2. The standard InChI is InChI=1S/C27H32N2O3S/c1-2-32-17-10-16-28(26(30)19-23-11-5-3-6-12-23)22-27(31)29(21-25-15-9-18-33-25)20-24-13-7-4-8-14-24/h3-9,11-15,18H,2,10,16-17,19-22H2,1H3.